The first-order valence-electron chi connectivity index (χ1n) is 6.31. The van der Waals surface area contributed by atoms with Gasteiger partial charge in [-0.1, -0.05) is 12.8 Å². The molecule has 0 spiro atoms. The summed E-state index contributed by atoms with van der Waals surface area (Å²) in [6, 6.07) is 0.551. The van der Waals surface area contributed by atoms with Gasteiger partial charge in [0.2, 0.25) is 5.91 Å². The van der Waals surface area contributed by atoms with Crippen LogP contribution < -0.4 is 5.32 Å². The Kier molecular flexibility index (Phi) is 3.62. The molecule has 3 heteroatoms. The van der Waals surface area contributed by atoms with Gasteiger partial charge in [0.1, 0.15) is 0 Å². The van der Waals surface area contributed by atoms with Gasteiger partial charge in [0.25, 0.3) is 0 Å². The number of nitrogens with zero attached hydrogens (tertiary/aromatic N) is 1. The van der Waals surface area contributed by atoms with E-state index in [1.54, 1.807) is 0 Å². The molecule has 1 aliphatic carbocycles. The van der Waals surface area contributed by atoms with Crippen molar-refractivity contribution in [3.05, 3.63) is 0 Å². The van der Waals surface area contributed by atoms with E-state index >= 15 is 0 Å². The lowest BCUT2D eigenvalue weighted by molar-refractivity contribution is -0.134. The van der Waals surface area contributed by atoms with E-state index in [-0.39, 0.29) is 0 Å². The van der Waals surface area contributed by atoms with Crippen LogP contribution in [0.25, 0.3) is 0 Å². The number of hydrogen-bond acceptors (Lipinski definition) is 2. The van der Waals surface area contributed by atoms with Crippen LogP contribution in [0.3, 0.4) is 0 Å². The molecule has 0 radical (unpaired) electrons. The fourth-order valence-corrected chi connectivity index (χ4v) is 2.71. The van der Waals surface area contributed by atoms with Crippen molar-refractivity contribution in [2.75, 3.05) is 19.6 Å². The Morgan fingerprint density at radius 1 is 1.33 bits per heavy atom. The third-order valence-corrected chi connectivity index (χ3v) is 3.76. The molecular formula is C12H22N2O. The van der Waals surface area contributed by atoms with E-state index in [1.807, 2.05) is 0 Å². The minimum absolute atomic E-state index is 0.385. The summed E-state index contributed by atoms with van der Waals surface area (Å²) in [5.74, 6) is 0.990. The summed E-state index contributed by atoms with van der Waals surface area (Å²) in [4.78, 5) is 14.2. The van der Waals surface area contributed by atoms with Crippen molar-refractivity contribution in [1.82, 2.24) is 10.2 Å². The number of hydrogen-bond donors (Lipinski definition) is 1. The van der Waals surface area contributed by atoms with Crippen molar-refractivity contribution in [1.29, 1.82) is 0 Å². The largest absolute Gasteiger partial charge is 0.340 e. The van der Waals surface area contributed by atoms with Gasteiger partial charge in [0.05, 0.1) is 0 Å². The Morgan fingerprint density at radius 3 is 2.47 bits per heavy atom. The van der Waals surface area contributed by atoms with Gasteiger partial charge < -0.3 is 10.2 Å². The molecule has 1 saturated heterocycles. The lowest BCUT2D eigenvalue weighted by Crippen LogP contribution is -2.47. The lowest BCUT2D eigenvalue weighted by Gasteiger charge is -2.32. The number of nitrogens with one attached hydrogen (secondary N) is 1. The van der Waals surface area contributed by atoms with Crippen LogP contribution in [0.1, 0.15) is 39.0 Å². The third-order valence-electron chi connectivity index (χ3n) is 3.76. The minimum Gasteiger partial charge on any atom is -0.340 e. The van der Waals surface area contributed by atoms with Gasteiger partial charge in [-0.2, -0.15) is 0 Å². The molecule has 2 rings (SSSR count). The summed E-state index contributed by atoms with van der Waals surface area (Å²) in [6.45, 7) is 5.07. The maximum Gasteiger partial charge on any atom is 0.223 e. The van der Waals surface area contributed by atoms with Crippen LogP contribution in [0, 0.1) is 5.92 Å². The Balaban J connectivity index is 1.83. The van der Waals surface area contributed by atoms with E-state index in [0.717, 1.165) is 26.1 Å². The highest BCUT2D eigenvalue weighted by atomic mass is 16.2. The molecule has 1 amide bonds. The molecule has 86 valence electrons. The highest BCUT2D eigenvalue weighted by molar-refractivity contribution is 5.77. The predicted octanol–water partition coefficient (Wildman–Crippen LogP) is 1.39. The molecule has 0 aromatic carbocycles. The van der Waals surface area contributed by atoms with Crippen molar-refractivity contribution in [3.8, 4) is 0 Å². The summed E-state index contributed by atoms with van der Waals surface area (Å²) in [7, 11) is 0. The molecule has 1 aliphatic heterocycles. The van der Waals surface area contributed by atoms with Gasteiger partial charge in [-0.3, -0.25) is 4.79 Å². The summed E-state index contributed by atoms with van der Waals surface area (Å²) >= 11 is 0. The number of amides is 1. The maximum atomic E-state index is 12.1. The van der Waals surface area contributed by atoms with Crippen molar-refractivity contribution < 1.29 is 4.79 Å². The second kappa shape index (κ2) is 4.97. The first kappa shape index (κ1) is 10.9. The van der Waals surface area contributed by atoms with Crippen molar-refractivity contribution in [3.63, 3.8) is 0 Å². The van der Waals surface area contributed by atoms with Crippen LogP contribution in [0.2, 0.25) is 0 Å². The standard InChI is InChI=1S/C12H22N2O/c1-2-14(11-5-3-4-6-11)12(15)7-10-8-13-9-10/h10-11,13H,2-9H2,1H3. The van der Waals surface area contributed by atoms with E-state index < -0.39 is 0 Å². The van der Waals surface area contributed by atoms with E-state index in [2.05, 4.69) is 17.1 Å². The Labute approximate surface area is 92.2 Å². The molecule has 3 nitrogen and oxygen atoms in total. The Hall–Kier alpha value is -0.570. The fraction of sp³-hybridized carbons (Fsp3) is 0.917. The summed E-state index contributed by atoms with van der Waals surface area (Å²) in [6.07, 6.45) is 5.82. The van der Waals surface area contributed by atoms with Gasteiger partial charge in [0.15, 0.2) is 0 Å². The zero-order valence-corrected chi connectivity index (χ0v) is 9.67. The van der Waals surface area contributed by atoms with E-state index in [4.69, 9.17) is 0 Å². The predicted molar refractivity (Wildman–Crippen MR) is 60.6 cm³/mol. The van der Waals surface area contributed by atoms with Crippen LogP contribution in [-0.4, -0.2) is 36.5 Å². The molecule has 15 heavy (non-hydrogen) atoms. The molecule has 0 aromatic heterocycles. The van der Waals surface area contributed by atoms with Gasteiger partial charge in [-0.25, -0.2) is 0 Å². The minimum atomic E-state index is 0.385. The van der Waals surface area contributed by atoms with Crippen LogP contribution >= 0.6 is 0 Å². The molecule has 2 fully saturated rings. The molecule has 0 unspecified atom stereocenters. The smallest absolute Gasteiger partial charge is 0.223 e. The zero-order chi connectivity index (χ0) is 10.7. The van der Waals surface area contributed by atoms with Crippen LogP contribution in [-0.2, 0) is 4.79 Å². The lowest BCUT2D eigenvalue weighted by atomic mass is 9.98. The van der Waals surface area contributed by atoms with E-state index in [1.165, 1.54) is 25.7 Å². The SMILES string of the molecule is CCN(C(=O)CC1CNC1)C1CCCC1. The number of carbonyl (C=O) groups is 1. The van der Waals surface area contributed by atoms with Gasteiger partial charge >= 0.3 is 0 Å². The highest BCUT2D eigenvalue weighted by Crippen LogP contribution is 2.24. The van der Waals surface area contributed by atoms with Crippen LogP contribution in [0.5, 0.6) is 0 Å². The molecule has 1 saturated carbocycles. The highest BCUT2D eigenvalue weighted by Gasteiger charge is 2.28. The summed E-state index contributed by atoms with van der Waals surface area (Å²) in [5, 5.41) is 3.22. The second-order valence-electron chi connectivity index (χ2n) is 4.85. The van der Waals surface area contributed by atoms with Crippen molar-refractivity contribution >= 4 is 5.91 Å². The summed E-state index contributed by atoms with van der Waals surface area (Å²) in [5.41, 5.74) is 0. The Bertz CT molecular complexity index is 220. The van der Waals surface area contributed by atoms with E-state index in [0.29, 0.717) is 17.9 Å². The molecule has 2 aliphatic rings. The molecule has 0 bridgehead atoms. The summed E-state index contributed by atoms with van der Waals surface area (Å²) < 4.78 is 0. The molecule has 0 atom stereocenters. The van der Waals surface area contributed by atoms with Gasteiger partial charge in [-0.05, 0) is 38.8 Å². The third kappa shape index (κ3) is 2.51. The molecule has 1 heterocycles. The maximum absolute atomic E-state index is 12.1. The monoisotopic (exact) mass is 210 g/mol. The molecular weight excluding hydrogens is 188 g/mol. The first-order chi connectivity index (χ1) is 7.31. The average molecular weight is 210 g/mol. The molecule has 0 aromatic rings. The number of carbonyl (C=O) groups excluding carboxylic acids is 1. The van der Waals surface area contributed by atoms with Crippen LogP contribution in [0.15, 0.2) is 0 Å². The Morgan fingerprint density at radius 2 is 2.00 bits per heavy atom. The average Bonchev–Trinajstić information content (AvgIpc) is 2.66. The number of rotatable bonds is 4. The fourth-order valence-electron chi connectivity index (χ4n) is 2.71. The van der Waals surface area contributed by atoms with Crippen LogP contribution in [0.4, 0.5) is 0 Å². The van der Waals surface area contributed by atoms with Crippen molar-refractivity contribution in [2.24, 2.45) is 5.92 Å². The van der Waals surface area contributed by atoms with Crippen molar-refractivity contribution in [2.45, 2.75) is 45.1 Å². The molecule has 1 N–H and O–H groups in total. The zero-order valence-electron chi connectivity index (χ0n) is 9.67. The topological polar surface area (TPSA) is 32.3 Å². The first-order valence-corrected chi connectivity index (χ1v) is 6.31. The van der Waals surface area contributed by atoms with E-state index in [9.17, 15) is 4.79 Å². The quantitative estimate of drug-likeness (QED) is 0.760. The van der Waals surface area contributed by atoms with Gasteiger partial charge in [-0.15, -0.1) is 0 Å². The second-order valence-corrected chi connectivity index (χ2v) is 4.85. The van der Waals surface area contributed by atoms with Gasteiger partial charge in [0, 0.05) is 19.0 Å². The normalized spacial score (nSPS) is 22.7.